The number of aromatic nitrogens is 2. The minimum absolute atomic E-state index is 0.420. The van der Waals surface area contributed by atoms with Gasteiger partial charge >= 0.3 is 0 Å². The first-order valence-electron chi connectivity index (χ1n) is 6.31. The highest BCUT2D eigenvalue weighted by Crippen LogP contribution is 2.30. The fourth-order valence-corrected chi connectivity index (χ4v) is 3.38. The fraction of sp³-hybridized carbons (Fsp3) is 0.462. The van der Waals surface area contributed by atoms with E-state index in [-0.39, 0.29) is 0 Å². The van der Waals surface area contributed by atoms with Crippen LogP contribution in [-0.4, -0.2) is 9.78 Å². The topological polar surface area (TPSA) is 55.9 Å². The van der Waals surface area contributed by atoms with Gasteiger partial charge in [-0.25, -0.2) is 0 Å². The molecule has 96 valence electrons. The van der Waals surface area contributed by atoms with Crippen LogP contribution in [-0.2, 0) is 20.0 Å². The maximum absolute atomic E-state index is 5.91. The molecule has 2 aromatic heterocycles. The summed E-state index contributed by atoms with van der Waals surface area (Å²) in [5, 5.41) is 10.0. The molecule has 0 aromatic carbocycles. The number of nitrogens with one attached hydrogen (secondary N) is 1. The third kappa shape index (κ3) is 2.04. The van der Waals surface area contributed by atoms with Gasteiger partial charge in [0.2, 0.25) is 0 Å². The molecule has 0 fully saturated rings. The van der Waals surface area contributed by atoms with Crippen LogP contribution in [0.25, 0.3) is 0 Å². The van der Waals surface area contributed by atoms with Crippen LogP contribution < -0.4 is 11.1 Å². The smallest absolute Gasteiger partial charge is 0.0540 e. The molecule has 5 heteroatoms. The van der Waals surface area contributed by atoms with Gasteiger partial charge in [0, 0.05) is 41.5 Å². The van der Waals surface area contributed by atoms with Gasteiger partial charge in [0.25, 0.3) is 0 Å². The Bertz CT molecular complexity index is 543. The average molecular weight is 262 g/mol. The first-order chi connectivity index (χ1) is 8.75. The molecule has 0 saturated heterocycles. The third-order valence-corrected chi connectivity index (χ3v) is 4.60. The lowest BCUT2D eigenvalue weighted by molar-refractivity contribution is 0.454. The number of thiophene rings is 1. The van der Waals surface area contributed by atoms with E-state index in [0.717, 1.165) is 18.7 Å². The van der Waals surface area contributed by atoms with Gasteiger partial charge in [0.15, 0.2) is 0 Å². The second-order valence-electron chi connectivity index (χ2n) is 4.80. The molecule has 1 unspecified atom stereocenters. The fourth-order valence-electron chi connectivity index (χ4n) is 2.63. The summed E-state index contributed by atoms with van der Waals surface area (Å²) in [6.07, 6.45) is 5.56. The van der Waals surface area contributed by atoms with Crippen molar-refractivity contribution in [3.8, 4) is 0 Å². The standard InChI is InChI=1S/C13H18N4S/c1-17-12-4-2-3-11(9(12)7-16-17)15-8-13-10(14)5-6-18-13/h5-7,11,15H,2-4,8,14H2,1H3. The Morgan fingerprint density at radius 3 is 3.28 bits per heavy atom. The zero-order valence-corrected chi connectivity index (χ0v) is 11.3. The van der Waals surface area contributed by atoms with Crippen LogP contribution >= 0.6 is 11.3 Å². The van der Waals surface area contributed by atoms with E-state index in [9.17, 15) is 0 Å². The van der Waals surface area contributed by atoms with E-state index in [0.29, 0.717) is 6.04 Å². The highest BCUT2D eigenvalue weighted by atomic mass is 32.1. The van der Waals surface area contributed by atoms with Gasteiger partial charge in [-0.15, -0.1) is 11.3 Å². The Morgan fingerprint density at radius 2 is 2.50 bits per heavy atom. The Morgan fingerprint density at radius 1 is 1.61 bits per heavy atom. The molecular formula is C13H18N4S. The van der Waals surface area contributed by atoms with Gasteiger partial charge in [-0.05, 0) is 30.7 Å². The van der Waals surface area contributed by atoms with E-state index >= 15 is 0 Å². The quantitative estimate of drug-likeness (QED) is 0.892. The van der Waals surface area contributed by atoms with E-state index in [1.165, 1.54) is 29.0 Å². The predicted molar refractivity (Wildman–Crippen MR) is 74.5 cm³/mol. The number of anilines is 1. The minimum atomic E-state index is 0.420. The van der Waals surface area contributed by atoms with Gasteiger partial charge in [0.1, 0.15) is 0 Å². The van der Waals surface area contributed by atoms with E-state index < -0.39 is 0 Å². The molecule has 1 atom stereocenters. The molecule has 0 spiro atoms. The van der Waals surface area contributed by atoms with Gasteiger partial charge in [0.05, 0.1) is 6.20 Å². The van der Waals surface area contributed by atoms with Crippen molar-refractivity contribution in [3.63, 3.8) is 0 Å². The Balaban J connectivity index is 1.73. The second-order valence-corrected chi connectivity index (χ2v) is 5.80. The van der Waals surface area contributed by atoms with Crippen LogP contribution in [0.5, 0.6) is 0 Å². The van der Waals surface area contributed by atoms with E-state index in [1.54, 1.807) is 11.3 Å². The van der Waals surface area contributed by atoms with Crippen LogP contribution in [0.15, 0.2) is 17.6 Å². The van der Waals surface area contributed by atoms with Crippen molar-refractivity contribution in [1.82, 2.24) is 15.1 Å². The second kappa shape index (κ2) is 4.74. The van der Waals surface area contributed by atoms with E-state index in [2.05, 4.69) is 10.4 Å². The summed E-state index contributed by atoms with van der Waals surface area (Å²) in [5.41, 5.74) is 9.54. The first-order valence-corrected chi connectivity index (χ1v) is 7.19. The number of hydrogen-bond acceptors (Lipinski definition) is 4. The summed E-state index contributed by atoms with van der Waals surface area (Å²) in [5.74, 6) is 0. The summed E-state index contributed by atoms with van der Waals surface area (Å²) in [6, 6.07) is 2.39. The number of nitrogens with two attached hydrogens (primary N) is 1. The van der Waals surface area contributed by atoms with Crippen molar-refractivity contribution in [3.05, 3.63) is 33.8 Å². The summed E-state index contributed by atoms with van der Waals surface area (Å²) in [4.78, 5) is 1.23. The lowest BCUT2D eigenvalue weighted by Gasteiger charge is -2.23. The van der Waals surface area contributed by atoms with Crippen molar-refractivity contribution in [2.45, 2.75) is 31.8 Å². The summed E-state index contributed by atoms with van der Waals surface area (Å²) in [6.45, 7) is 0.850. The molecule has 1 aliphatic carbocycles. The van der Waals surface area contributed by atoms with Crippen molar-refractivity contribution < 1.29 is 0 Å². The molecule has 1 aliphatic rings. The molecule has 3 N–H and O–H groups in total. The highest BCUT2D eigenvalue weighted by Gasteiger charge is 2.23. The van der Waals surface area contributed by atoms with Crippen molar-refractivity contribution in [2.24, 2.45) is 7.05 Å². The number of aryl methyl sites for hydroxylation is 1. The number of rotatable bonds is 3. The molecule has 0 saturated carbocycles. The molecule has 4 nitrogen and oxygen atoms in total. The Labute approximate surface area is 111 Å². The number of fused-ring (bicyclic) bond motifs is 1. The average Bonchev–Trinajstić information content (AvgIpc) is 2.95. The molecule has 0 bridgehead atoms. The maximum atomic E-state index is 5.91. The normalized spacial score (nSPS) is 18.8. The lowest BCUT2D eigenvalue weighted by atomic mass is 9.93. The largest absolute Gasteiger partial charge is 0.398 e. The predicted octanol–water partition coefficient (Wildman–Crippen LogP) is 2.23. The molecule has 2 heterocycles. The SMILES string of the molecule is Cn1ncc2c1CCCC2NCc1sccc1N. The molecule has 3 rings (SSSR count). The van der Waals surface area contributed by atoms with Gasteiger partial charge in [-0.2, -0.15) is 5.10 Å². The number of nitrogens with zero attached hydrogens (tertiary/aromatic N) is 2. The highest BCUT2D eigenvalue weighted by molar-refractivity contribution is 7.10. The summed E-state index contributed by atoms with van der Waals surface area (Å²) >= 11 is 1.72. The lowest BCUT2D eigenvalue weighted by Crippen LogP contribution is -2.24. The molecule has 18 heavy (non-hydrogen) atoms. The molecule has 0 radical (unpaired) electrons. The van der Waals surface area contributed by atoms with Crippen molar-refractivity contribution in [2.75, 3.05) is 5.73 Å². The minimum Gasteiger partial charge on any atom is -0.398 e. The van der Waals surface area contributed by atoms with E-state index in [1.807, 2.05) is 29.4 Å². The zero-order chi connectivity index (χ0) is 12.5. The number of nitrogen functional groups attached to an aromatic ring is 1. The molecule has 0 amide bonds. The molecule has 2 aromatic rings. The Hall–Kier alpha value is -1.33. The maximum Gasteiger partial charge on any atom is 0.0540 e. The van der Waals surface area contributed by atoms with Crippen LogP contribution in [0.4, 0.5) is 5.69 Å². The first kappa shape index (κ1) is 11.7. The zero-order valence-electron chi connectivity index (χ0n) is 10.5. The van der Waals surface area contributed by atoms with Gasteiger partial charge in [-0.3, -0.25) is 4.68 Å². The monoisotopic (exact) mass is 262 g/mol. The van der Waals surface area contributed by atoms with Gasteiger partial charge in [-0.1, -0.05) is 0 Å². The molecular weight excluding hydrogens is 244 g/mol. The van der Waals surface area contributed by atoms with Crippen LogP contribution in [0.3, 0.4) is 0 Å². The van der Waals surface area contributed by atoms with Crippen LogP contribution in [0.1, 0.15) is 35.0 Å². The third-order valence-electron chi connectivity index (χ3n) is 3.66. The Kier molecular flexibility index (Phi) is 3.09. The summed E-state index contributed by atoms with van der Waals surface area (Å²) in [7, 11) is 2.03. The van der Waals surface area contributed by atoms with Crippen LogP contribution in [0.2, 0.25) is 0 Å². The van der Waals surface area contributed by atoms with Crippen molar-refractivity contribution >= 4 is 17.0 Å². The molecule has 0 aliphatic heterocycles. The number of hydrogen-bond donors (Lipinski definition) is 2. The van der Waals surface area contributed by atoms with Crippen LogP contribution in [0, 0.1) is 0 Å². The summed E-state index contributed by atoms with van der Waals surface area (Å²) < 4.78 is 2.00. The van der Waals surface area contributed by atoms with Crippen molar-refractivity contribution in [1.29, 1.82) is 0 Å². The van der Waals surface area contributed by atoms with Gasteiger partial charge < -0.3 is 11.1 Å². The van der Waals surface area contributed by atoms with E-state index in [4.69, 9.17) is 5.73 Å².